The molecule has 0 spiro atoms. The summed E-state index contributed by atoms with van der Waals surface area (Å²) in [5.41, 5.74) is 3.27. The van der Waals surface area contributed by atoms with Crippen LogP contribution in [-0.2, 0) is 4.79 Å². The molecular weight excluding hydrogens is 498 g/mol. The predicted molar refractivity (Wildman–Crippen MR) is 148 cm³/mol. The molecule has 0 aliphatic carbocycles. The van der Waals surface area contributed by atoms with E-state index in [-0.39, 0.29) is 23.0 Å². The number of nitrogens with zero attached hydrogens (tertiary/aromatic N) is 2. The van der Waals surface area contributed by atoms with E-state index in [4.69, 9.17) is 0 Å². The number of likely N-dealkylation sites (tertiary alicyclic amines) is 2. The molecule has 2 N–H and O–H groups in total. The van der Waals surface area contributed by atoms with Gasteiger partial charge in [-0.2, -0.15) is 0 Å². The third kappa shape index (κ3) is 4.78. The average molecular weight is 531 g/mol. The molecule has 1 atom stereocenters. The second-order valence-corrected chi connectivity index (χ2v) is 10.8. The highest BCUT2D eigenvalue weighted by molar-refractivity contribution is 6.36. The van der Waals surface area contributed by atoms with Gasteiger partial charge >= 0.3 is 0 Å². The van der Waals surface area contributed by atoms with E-state index in [9.17, 15) is 18.4 Å². The molecule has 2 saturated heterocycles. The van der Waals surface area contributed by atoms with Crippen molar-refractivity contribution in [3.8, 4) is 11.1 Å². The number of halogens is 2. The molecule has 3 aliphatic heterocycles. The second kappa shape index (κ2) is 10.4. The third-order valence-corrected chi connectivity index (χ3v) is 8.28. The number of fused-ring (bicyclic) bond motifs is 1. The lowest BCUT2D eigenvalue weighted by Crippen LogP contribution is -2.43. The zero-order valence-corrected chi connectivity index (χ0v) is 22.0. The predicted octanol–water partition coefficient (Wildman–Crippen LogP) is 5.71. The number of piperidine rings is 1. The maximum Gasteiger partial charge on any atom is 0.256 e. The van der Waals surface area contributed by atoms with Crippen LogP contribution in [0.4, 0.5) is 14.5 Å². The van der Waals surface area contributed by atoms with Gasteiger partial charge in [0.1, 0.15) is 11.6 Å². The van der Waals surface area contributed by atoms with Gasteiger partial charge in [0.15, 0.2) is 0 Å². The molecule has 0 unspecified atom stereocenters. The van der Waals surface area contributed by atoms with Crippen molar-refractivity contribution in [2.45, 2.75) is 32.6 Å². The van der Waals surface area contributed by atoms with Crippen molar-refractivity contribution in [1.29, 1.82) is 0 Å². The van der Waals surface area contributed by atoms with Crippen LogP contribution in [0.3, 0.4) is 0 Å². The minimum Gasteiger partial charge on any atom is -0.361 e. The van der Waals surface area contributed by atoms with E-state index in [1.165, 1.54) is 31.0 Å². The number of nitrogens with one attached hydrogen (secondary N) is 2. The van der Waals surface area contributed by atoms with Gasteiger partial charge in [-0.05, 0) is 87.0 Å². The van der Waals surface area contributed by atoms with Gasteiger partial charge in [0.05, 0.1) is 16.7 Å². The van der Waals surface area contributed by atoms with E-state index >= 15 is 0 Å². The van der Waals surface area contributed by atoms with Crippen LogP contribution in [0.15, 0.2) is 42.6 Å². The molecule has 3 aliphatic rings. The quantitative estimate of drug-likeness (QED) is 0.416. The first kappa shape index (κ1) is 25.5. The number of anilines is 1. The Morgan fingerprint density at radius 3 is 2.54 bits per heavy atom. The molecule has 8 heteroatoms. The molecular formula is C31H32F2N4O2. The molecule has 6 nitrogen and oxygen atoms in total. The Morgan fingerprint density at radius 2 is 1.77 bits per heavy atom. The topological polar surface area (TPSA) is 68.4 Å². The number of rotatable bonds is 5. The van der Waals surface area contributed by atoms with E-state index in [0.29, 0.717) is 34.0 Å². The van der Waals surface area contributed by atoms with Crippen molar-refractivity contribution in [3.05, 3.63) is 76.6 Å². The van der Waals surface area contributed by atoms with Gasteiger partial charge in [0.2, 0.25) is 0 Å². The Labute approximate surface area is 226 Å². The number of aromatic nitrogens is 1. The number of amides is 2. The fourth-order valence-corrected chi connectivity index (χ4v) is 6.28. The molecule has 0 radical (unpaired) electrons. The fraction of sp³-hybridized carbons (Fsp3) is 0.355. The van der Waals surface area contributed by atoms with Crippen molar-refractivity contribution < 1.29 is 18.4 Å². The molecule has 0 bridgehead atoms. The van der Waals surface area contributed by atoms with E-state index in [1.54, 1.807) is 30.5 Å². The Bertz CT molecular complexity index is 1450. The lowest BCUT2D eigenvalue weighted by atomic mass is 9.93. The molecule has 2 fully saturated rings. The summed E-state index contributed by atoms with van der Waals surface area (Å²) in [4.78, 5) is 34.2. The lowest BCUT2D eigenvalue weighted by Gasteiger charge is -2.34. The Kier molecular flexibility index (Phi) is 6.81. The number of aromatic amines is 1. The molecule has 3 aromatic rings. The highest BCUT2D eigenvalue weighted by atomic mass is 19.1. The molecule has 0 saturated carbocycles. The van der Waals surface area contributed by atoms with Gasteiger partial charge in [-0.15, -0.1) is 0 Å². The summed E-state index contributed by atoms with van der Waals surface area (Å²) in [6, 6.07) is 8.70. The van der Waals surface area contributed by atoms with Crippen molar-refractivity contribution in [2.24, 2.45) is 5.92 Å². The van der Waals surface area contributed by atoms with Crippen LogP contribution in [-0.4, -0.2) is 59.3 Å². The summed E-state index contributed by atoms with van der Waals surface area (Å²) in [6.07, 6.45) is 8.03. The molecule has 6 rings (SSSR count). The van der Waals surface area contributed by atoms with E-state index in [0.717, 1.165) is 51.1 Å². The van der Waals surface area contributed by atoms with Crippen LogP contribution in [0.2, 0.25) is 0 Å². The normalized spacial score (nSPS) is 20.5. The van der Waals surface area contributed by atoms with Crippen molar-refractivity contribution in [1.82, 2.24) is 14.8 Å². The van der Waals surface area contributed by atoms with Crippen molar-refractivity contribution in [2.75, 3.05) is 38.0 Å². The maximum absolute atomic E-state index is 14.7. The minimum atomic E-state index is -0.699. The van der Waals surface area contributed by atoms with Crippen LogP contribution in [0.1, 0.15) is 52.9 Å². The van der Waals surface area contributed by atoms with Crippen LogP contribution < -0.4 is 5.32 Å². The smallest absolute Gasteiger partial charge is 0.256 e. The highest BCUT2D eigenvalue weighted by Crippen LogP contribution is 2.42. The van der Waals surface area contributed by atoms with Crippen LogP contribution in [0, 0.1) is 24.5 Å². The number of H-pyrrole nitrogens is 1. The van der Waals surface area contributed by atoms with Gasteiger partial charge in [-0.25, -0.2) is 8.78 Å². The van der Waals surface area contributed by atoms with Gasteiger partial charge in [-0.1, -0.05) is 18.2 Å². The second-order valence-electron chi connectivity index (χ2n) is 10.8. The number of carbonyl (C=O) groups is 2. The first-order valence-electron chi connectivity index (χ1n) is 13.7. The molecule has 202 valence electrons. The van der Waals surface area contributed by atoms with Crippen LogP contribution in [0.5, 0.6) is 0 Å². The van der Waals surface area contributed by atoms with Crippen LogP contribution >= 0.6 is 0 Å². The maximum atomic E-state index is 14.7. The Hall–Kier alpha value is -3.78. The molecule has 4 heterocycles. The monoisotopic (exact) mass is 530 g/mol. The van der Waals surface area contributed by atoms with E-state index in [1.807, 2.05) is 11.8 Å². The molecule has 2 amide bonds. The first-order valence-corrected chi connectivity index (χ1v) is 13.7. The summed E-state index contributed by atoms with van der Waals surface area (Å²) in [7, 11) is 0. The zero-order valence-electron chi connectivity index (χ0n) is 22.0. The minimum absolute atomic E-state index is 0.00934. The van der Waals surface area contributed by atoms with Crippen molar-refractivity contribution in [3.63, 3.8) is 0 Å². The third-order valence-electron chi connectivity index (χ3n) is 8.28. The van der Waals surface area contributed by atoms with Crippen LogP contribution in [0.25, 0.3) is 22.8 Å². The standard InChI is InChI=1S/C31H32F2N4O2/c1-19-23(31(39)37-14-6-7-20(18-37)17-36-12-2-3-13-36)16-34-27(19)15-22-28-21(8-4-11-26(28)35-30(22)38)29-24(32)9-5-10-25(29)33/h4-5,8-11,15-16,20,34H,2-3,6-7,12-14,17-18H2,1H3,(H,35,38)/b22-15-/t20-/m0/s1. The van der Waals surface area contributed by atoms with Gasteiger partial charge in [0, 0.05) is 42.8 Å². The van der Waals surface area contributed by atoms with Gasteiger partial charge in [-0.3, -0.25) is 9.59 Å². The number of hydrogen-bond acceptors (Lipinski definition) is 3. The summed E-state index contributed by atoms with van der Waals surface area (Å²) in [6.45, 7) is 6.71. The summed E-state index contributed by atoms with van der Waals surface area (Å²) >= 11 is 0. The summed E-state index contributed by atoms with van der Waals surface area (Å²) in [5, 5.41) is 2.81. The van der Waals surface area contributed by atoms with E-state index < -0.39 is 11.6 Å². The zero-order chi connectivity index (χ0) is 27.1. The number of benzene rings is 2. The van der Waals surface area contributed by atoms with Crippen molar-refractivity contribution >= 4 is 29.2 Å². The molecule has 39 heavy (non-hydrogen) atoms. The molecule has 2 aromatic carbocycles. The largest absolute Gasteiger partial charge is 0.361 e. The number of carbonyl (C=O) groups excluding carboxylic acids is 2. The Morgan fingerprint density at radius 1 is 1.03 bits per heavy atom. The number of hydrogen-bond donors (Lipinski definition) is 2. The summed E-state index contributed by atoms with van der Waals surface area (Å²) in [5.74, 6) is -1.29. The molecule has 1 aromatic heterocycles. The SMILES string of the molecule is Cc1c(C(=O)N2CCC[C@@H](CN3CCCC3)C2)c[nH]c1/C=C1\C(=O)Nc2cccc(-c3c(F)cccc3F)c21. The van der Waals surface area contributed by atoms with Gasteiger partial charge in [0.25, 0.3) is 11.8 Å². The van der Waals surface area contributed by atoms with Gasteiger partial charge < -0.3 is 20.1 Å². The Balaban J connectivity index is 1.29. The first-order chi connectivity index (χ1) is 18.9. The lowest BCUT2D eigenvalue weighted by molar-refractivity contribution is -0.110. The van der Waals surface area contributed by atoms with E-state index in [2.05, 4.69) is 15.2 Å². The summed E-state index contributed by atoms with van der Waals surface area (Å²) < 4.78 is 29.4. The highest BCUT2D eigenvalue weighted by Gasteiger charge is 2.31. The fourth-order valence-electron chi connectivity index (χ4n) is 6.28. The average Bonchev–Trinajstić information content (AvgIpc) is 3.64.